The second-order valence-corrected chi connectivity index (χ2v) is 6.00. The molecule has 1 aliphatic heterocycles. The lowest BCUT2D eigenvalue weighted by Gasteiger charge is -2.33. The summed E-state index contributed by atoms with van der Waals surface area (Å²) in [7, 11) is 0. The molecular weight excluding hydrogens is 348 g/mol. The quantitative estimate of drug-likeness (QED) is 0.538. The molecule has 1 fully saturated rings. The van der Waals surface area contributed by atoms with Gasteiger partial charge in [-0.2, -0.15) is 0 Å². The molecule has 27 heavy (non-hydrogen) atoms. The molecule has 3 rings (SSSR count). The molecule has 140 valence electrons. The van der Waals surface area contributed by atoms with E-state index in [2.05, 4.69) is 17.2 Å². The van der Waals surface area contributed by atoms with E-state index in [4.69, 9.17) is 9.47 Å². The molecule has 0 spiro atoms. The number of hydrogen-bond acceptors (Lipinski definition) is 5. The van der Waals surface area contributed by atoms with Crippen molar-refractivity contribution in [2.24, 2.45) is 5.92 Å². The van der Waals surface area contributed by atoms with Gasteiger partial charge >= 0.3 is 12.0 Å². The number of carbonyl (C=O) groups is 2. The Bertz CT molecular complexity index is 820. The Hall–Kier alpha value is -3.48. The molecule has 1 aliphatic rings. The first-order chi connectivity index (χ1) is 13.0. The van der Waals surface area contributed by atoms with Gasteiger partial charge in [0, 0.05) is 5.70 Å². The number of para-hydroxylation sites is 1. The van der Waals surface area contributed by atoms with Crippen LogP contribution in [0.5, 0.6) is 11.5 Å². The van der Waals surface area contributed by atoms with Crippen molar-refractivity contribution in [1.29, 1.82) is 0 Å². The van der Waals surface area contributed by atoms with Crippen molar-refractivity contribution in [3.8, 4) is 11.5 Å². The molecule has 2 atom stereocenters. The Balaban J connectivity index is 1.63. The number of esters is 1. The zero-order chi connectivity index (χ0) is 19.2. The van der Waals surface area contributed by atoms with E-state index in [0.29, 0.717) is 11.3 Å². The molecule has 0 radical (unpaired) electrons. The van der Waals surface area contributed by atoms with Gasteiger partial charge in [-0.25, -0.2) is 4.79 Å². The largest absolute Gasteiger partial charge is 0.508 e. The highest BCUT2D eigenvalue weighted by Crippen LogP contribution is 2.31. The predicted molar refractivity (Wildman–Crippen MR) is 98.0 cm³/mol. The fourth-order valence-electron chi connectivity index (χ4n) is 2.83. The molecular formula is C20H20N2O5. The summed E-state index contributed by atoms with van der Waals surface area (Å²) >= 11 is 0. The Morgan fingerprint density at radius 1 is 1.07 bits per heavy atom. The SMILES string of the molecule is C=C1NC(=O)N[C@H](c2ccc(O)cc2)[C@@H]1C(=O)OCCOc1ccccc1. The minimum Gasteiger partial charge on any atom is -0.508 e. The lowest BCUT2D eigenvalue weighted by molar-refractivity contribution is -0.149. The van der Waals surface area contributed by atoms with Crippen LogP contribution in [0.2, 0.25) is 0 Å². The topological polar surface area (TPSA) is 96.9 Å². The molecule has 3 N–H and O–H groups in total. The second-order valence-electron chi connectivity index (χ2n) is 6.00. The van der Waals surface area contributed by atoms with Crippen molar-refractivity contribution >= 4 is 12.0 Å². The van der Waals surface area contributed by atoms with Crippen LogP contribution in [0.4, 0.5) is 4.79 Å². The molecule has 7 heteroatoms. The first kappa shape index (κ1) is 18.3. The lowest BCUT2D eigenvalue weighted by atomic mass is 9.89. The highest BCUT2D eigenvalue weighted by atomic mass is 16.6. The van der Waals surface area contributed by atoms with Crippen molar-refractivity contribution < 1.29 is 24.2 Å². The van der Waals surface area contributed by atoms with Gasteiger partial charge < -0.3 is 25.2 Å². The van der Waals surface area contributed by atoms with Crippen LogP contribution >= 0.6 is 0 Å². The number of amides is 2. The van der Waals surface area contributed by atoms with Gasteiger partial charge in [0.1, 0.15) is 30.6 Å². The average molecular weight is 368 g/mol. The third-order valence-electron chi connectivity index (χ3n) is 4.12. The molecule has 0 saturated carbocycles. The maximum absolute atomic E-state index is 12.6. The Morgan fingerprint density at radius 3 is 2.48 bits per heavy atom. The summed E-state index contributed by atoms with van der Waals surface area (Å²) in [4.78, 5) is 24.4. The summed E-state index contributed by atoms with van der Waals surface area (Å²) in [5.74, 6) is -0.548. The van der Waals surface area contributed by atoms with Crippen LogP contribution < -0.4 is 15.4 Å². The van der Waals surface area contributed by atoms with Crippen molar-refractivity contribution in [2.45, 2.75) is 6.04 Å². The summed E-state index contributed by atoms with van der Waals surface area (Å²) < 4.78 is 10.8. The number of carbonyl (C=O) groups excluding carboxylic acids is 2. The zero-order valence-electron chi connectivity index (χ0n) is 14.6. The van der Waals surface area contributed by atoms with Crippen LogP contribution in [0.25, 0.3) is 0 Å². The minimum absolute atomic E-state index is 0.0632. The summed E-state index contributed by atoms with van der Waals surface area (Å²) in [6.07, 6.45) is 0. The molecule has 2 aromatic rings. The molecule has 0 bridgehead atoms. The van der Waals surface area contributed by atoms with Gasteiger partial charge in [-0.05, 0) is 29.8 Å². The normalized spacial score (nSPS) is 19.0. The van der Waals surface area contributed by atoms with E-state index in [-0.39, 0.29) is 24.7 Å². The number of aromatic hydroxyl groups is 1. The van der Waals surface area contributed by atoms with Gasteiger partial charge in [-0.15, -0.1) is 0 Å². The van der Waals surface area contributed by atoms with Crippen LogP contribution in [0.15, 0.2) is 66.9 Å². The highest BCUT2D eigenvalue weighted by Gasteiger charge is 2.38. The first-order valence-electron chi connectivity index (χ1n) is 8.44. The van der Waals surface area contributed by atoms with E-state index in [1.807, 2.05) is 30.3 Å². The summed E-state index contributed by atoms with van der Waals surface area (Å²) in [6.45, 7) is 4.05. The van der Waals surface area contributed by atoms with Crippen LogP contribution in [-0.4, -0.2) is 30.3 Å². The van der Waals surface area contributed by atoms with Gasteiger partial charge in [0.15, 0.2) is 0 Å². The van der Waals surface area contributed by atoms with Gasteiger partial charge in [0.05, 0.1) is 6.04 Å². The molecule has 0 aliphatic carbocycles. The third-order valence-corrected chi connectivity index (χ3v) is 4.12. The van der Waals surface area contributed by atoms with E-state index in [1.54, 1.807) is 12.1 Å². The monoisotopic (exact) mass is 368 g/mol. The number of rotatable bonds is 6. The Morgan fingerprint density at radius 2 is 1.78 bits per heavy atom. The molecule has 7 nitrogen and oxygen atoms in total. The Labute approximate surface area is 156 Å². The van der Waals surface area contributed by atoms with Crippen molar-refractivity contribution in [1.82, 2.24) is 10.6 Å². The number of ether oxygens (including phenoxy) is 2. The third kappa shape index (κ3) is 4.58. The number of hydrogen-bond donors (Lipinski definition) is 3. The van der Waals surface area contributed by atoms with Gasteiger partial charge in [0.2, 0.25) is 0 Å². The highest BCUT2D eigenvalue weighted by molar-refractivity contribution is 5.85. The van der Waals surface area contributed by atoms with Crippen molar-refractivity contribution in [3.63, 3.8) is 0 Å². The van der Waals surface area contributed by atoms with Gasteiger partial charge in [-0.1, -0.05) is 36.9 Å². The fourth-order valence-corrected chi connectivity index (χ4v) is 2.83. The number of phenolic OH excluding ortho intramolecular Hbond substituents is 1. The van der Waals surface area contributed by atoms with Crippen molar-refractivity contribution in [2.75, 3.05) is 13.2 Å². The molecule has 2 amide bonds. The van der Waals surface area contributed by atoms with E-state index < -0.39 is 24.0 Å². The van der Waals surface area contributed by atoms with E-state index in [1.165, 1.54) is 12.1 Å². The molecule has 0 aromatic heterocycles. The van der Waals surface area contributed by atoms with Crippen LogP contribution in [0.3, 0.4) is 0 Å². The summed E-state index contributed by atoms with van der Waals surface area (Å²) in [6, 6.07) is 14.4. The van der Waals surface area contributed by atoms with Gasteiger partial charge in [-0.3, -0.25) is 4.79 Å². The summed E-state index contributed by atoms with van der Waals surface area (Å²) in [5.41, 5.74) is 0.914. The molecule has 2 aromatic carbocycles. The zero-order valence-corrected chi connectivity index (χ0v) is 14.6. The second kappa shape index (κ2) is 8.27. The standard InChI is InChI=1S/C20H20N2O5/c1-13-17(19(24)27-12-11-26-16-5-3-2-4-6-16)18(22-20(25)21-13)14-7-9-15(23)10-8-14/h2-10,17-18,23H,1,11-12H2,(H2,21,22,25)/t17-,18-/m1/s1. The summed E-state index contributed by atoms with van der Waals surface area (Å²) in [5, 5.41) is 14.7. The van der Waals surface area contributed by atoms with Crippen LogP contribution in [0.1, 0.15) is 11.6 Å². The van der Waals surface area contributed by atoms with Crippen LogP contribution in [0, 0.1) is 5.92 Å². The predicted octanol–water partition coefficient (Wildman–Crippen LogP) is 2.50. The Kier molecular flexibility index (Phi) is 5.61. The number of phenols is 1. The maximum atomic E-state index is 12.6. The van der Waals surface area contributed by atoms with Crippen LogP contribution in [-0.2, 0) is 9.53 Å². The molecule has 1 heterocycles. The lowest BCUT2D eigenvalue weighted by Crippen LogP contribution is -2.51. The van der Waals surface area contributed by atoms with Crippen molar-refractivity contribution in [3.05, 3.63) is 72.4 Å². The number of benzene rings is 2. The van der Waals surface area contributed by atoms with E-state index >= 15 is 0 Å². The maximum Gasteiger partial charge on any atom is 0.319 e. The van der Waals surface area contributed by atoms with E-state index in [0.717, 1.165) is 0 Å². The van der Waals surface area contributed by atoms with Gasteiger partial charge in [0.25, 0.3) is 0 Å². The number of nitrogens with one attached hydrogen (secondary N) is 2. The number of urea groups is 1. The average Bonchev–Trinajstić information content (AvgIpc) is 2.66. The smallest absolute Gasteiger partial charge is 0.319 e. The molecule has 0 unspecified atom stereocenters. The fraction of sp³-hybridized carbons (Fsp3) is 0.200. The first-order valence-corrected chi connectivity index (χ1v) is 8.44. The van der Waals surface area contributed by atoms with E-state index in [9.17, 15) is 14.7 Å². The molecule has 1 saturated heterocycles. The minimum atomic E-state index is -0.802.